The minimum Gasteiger partial charge on any atom is -0.342 e. The maximum absolute atomic E-state index is 12.7. The second-order valence-electron chi connectivity index (χ2n) is 6.89. The second kappa shape index (κ2) is 9.67. The van der Waals surface area contributed by atoms with Crippen LogP contribution in [0.4, 0.5) is 0 Å². The zero-order valence-corrected chi connectivity index (χ0v) is 18.0. The summed E-state index contributed by atoms with van der Waals surface area (Å²) in [6, 6.07) is 5.31. The van der Waals surface area contributed by atoms with Crippen molar-refractivity contribution in [2.45, 2.75) is 49.3 Å². The molecule has 156 valence electrons. The van der Waals surface area contributed by atoms with Crippen LogP contribution in [0.15, 0.2) is 45.7 Å². The summed E-state index contributed by atoms with van der Waals surface area (Å²) in [7, 11) is -7.22. The van der Waals surface area contributed by atoms with Gasteiger partial charge in [0.1, 0.15) is 0 Å². The Morgan fingerprint density at radius 2 is 1.71 bits per heavy atom. The van der Waals surface area contributed by atoms with Crippen LogP contribution in [-0.2, 0) is 24.7 Å². The Morgan fingerprint density at radius 1 is 1.07 bits per heavy atom. The first-order valence-electron chi connectivity index (χ1n) is 9.41. The van der Waals surface area contributed by atoms with E-state index in [0.29, 0.717) is 32.5 Å². The largest absolute Gasteiger partial charge is 0.342 e. The highest BCUT2D eigenvalue weighted by atomic mass is 32.2. The zero-order chi connectivity index (χ0) is 20.8. The van der Waals surface area contributed by atoms with Crippen molar-refractivity contribution in [2.24, 2.45) is 0 Å². The standard InChI is InChI=1S/C19H28N2O5S2/c1-3-4-12-20-28(25,26)19-9-7-18(8-10-19)27(23,24)15-17-6-5-13-21(14-11-17)16(2)22/h6-10,20H,3-5,11-15H2,1-2H3. The molecule has 2 rings (SSSR count). The normalized spacial score (nSPS) is 15.8. The number of carbonyl (C=O) groups excluding carboxylic acids is 1. The molecule has 1 N–H and O–H groups in total. The van der Waals surface area contributed by atoms with E-state index in [-0.39, 0.29) is 21.5 Å². The third kappa shape index (κ3) is 6.15. The molecule has 1 heterocycles. The number of amides is 1. The summed E-state index contributed by atoms with van der Waals surface area (Å²) in [5, 5.41) is 0. The smallest absolute Gasteiger partial charge is 0.240 e. The highest BCUT2D eigenvalue weighted by molar-refractivity contribution is 7.91. The summed E-state index contributed by atoms with van der Waals surface area (Å²) in [6.45, 7) is 4.93. The third-order valence-corrected chi connectivity index (χ3v) is 7.89. The van der Waals surface area contributed by atoms with Gasteiger partial charge in [0.2, 0.25) is 15.9 Å². The first kappa shape index (κ1) is 22.6. The van der Waals surface area contributed by atoms with Gasteiger partial charge in [-0.3, -0.25) is 4.79 Å². The van der Waals surface area contributed by atoms with Crippen molar-refractivity contribution >= 4 is 25.8 Å². The van der Waals surface area contributed by atoms with Gasteiger partial charge in [-0.2, -0.15) is 0 Å². The fourth-order valence-electron chi connectivity index (χ4n) is 2.98. The van der Waals surface area contributed by atoms with E-state index in [2.05, 4.69) is 4.72 Å². The molecule has 1 amide bonds. The highest BCUT2D eigenvalue weighted by Gasteiger charge is 2.21. The quantitative estimate of drug-likeness (QED) is 0.505. The average molecular weight is 429 g/mol. The minimum absolute atomic E-state index is 0.0122. The van der Waals surface area contributed by atoms with Crippen molar-refractivity contribution in [1.82, 2.24) is 9.62 Å². The van der Waals surface area contributed by atoms with E-state index in [9.17, 15) is 21.6 Å². The van der Waals surface area contributed by atoms with Crippen LogP contribution < -0.4 is 4.72 Å². The molecular weight excluding hydrogens is 400 g/mol. The predicted molar refractivity (Wildman–Crippen MR) is 108 cm³/mol. The van der Waals surface area contributed by atoms with Crippen LogP contribution in [0.25, 0.3) is 0 Å². The van der Waals surface area contributed by atoms with Crippen molar-refractivity contribution in [3.8, 4) is 0 Å². The molecule has 0 bridgehead atoms. The van der Waals surface area contributed by atoms with E-state index < -0.39 is 19.9 Å². The van der Waals surface area contributed by atoms with Crippen LogP contribution in [-0.4, -0.2) is 53.0 Å². The number of sulfonamides is 1. The van der Waals surface area contributed by atoms with Gasteiger partial charge < -0.3 is 4.90 Å². The summed E-state index contributed by atoms with van der Waals surface area (Å²) in [4.78, 5) is 13.3. The van der Waals surface area contributed by atoms with Gasteiger partial charge >= 0.3 is 0 Å². The Labute approximate surface area is 167 Å². The fourth-order valence-corrected chi connectivity index (χ4v) is 5.52. The van der Waals surface area contributed by atoms with E-state index in [1.54, 1.807) is 4.90 Å². The lowest BCUT2D eigenvalue weighted by molar-refractivity contribution is -0.128. The highest BCUT2D eigenvalue weighted by Crippen LogP contribution is 2.20. The molecule has 1 aliphatic rings. The Balaban J connectivity index is 2.08. The van der Waals surface area contributed by atoms with E-state index in [0.717, 1.165) is 18.4 Å². The van der Waals surface area contributed by atoms with Crippen molar-refractivity contribution < 1.29 is 21.6 Å². The molecular formula is C19H28N2O5S2. The minimum atomic E-state index is -3.63. The Morgan fingerprint density at radius 3 is 2.32 bits per heavy atom. The Bertz CT molecular complexity index is 920. The predicted octanol–water partition coefficient (Wildman–Crippen LogP) is 2.11. The number of rotatable bonds is 8. The van der Waals surface area contributed by atoms with Crippen LogP contribution in [0.1, 0.15) is 39.5 Å². The van der Waals surface area contributed by atoms with Gasteiger partial charge in [0, 0.05) is 26.6 Å². The Hall–Kier alpha value is -1.71. The molecule has 0 aliphatic carbocycles. The summed E-state index contributed by atoms with van der Waals surface area (Å²) in [5.74, 6) is -0.138. The van der Waals surface area contributed by atoms with Crippen LogP contribution in [0.5, 0.6) is 0 Å². The van der Waals surface area contributed by atoms with Crippen molar-refractivity contribution in [1.29, 1.82) is 0 Å². The molecule has 1 aromatic rings. The van der Waals surface area contributed by atoms with Crippen LogP contribution in [0.3, 0.4) is 0 Å². The fraction of sp³-hybridized carbons (Fsp3) is 0.526. The van der Waals surface area contributed by atoms with Gasteiger partial charge in [-0.05, 0) is 43.5 Å². The van der Waals surface area contributed by atoms with Crippen LogP contribution in [0.2, 0.25) is 0 Å². The van der Waals surface area contributed by atoms with Gasteiger partial charge in [-0.1, -0.05) is 25.0 Å². The molecule has 0 saturated heterocycles. The van der Waals surface area contributed by atoms with Crippen molar-refractivity contribution in [2.75, 3.05) is 25.4 Å². The number of hydrogen-bond acceptors (Lipinski definition) is 5. The van der Waals surface area contributed by atoms with Gasteiger partial charge in [0.05, 0.1) is 15.5 Å². The number of unbranched alkanes of at least 4 members (excludes halogenated alkanes) is 1. The molecule has 9 heteroatoms. The molecule has 0 saturated carbocycles. The summed E-state index contributed by atoms with van der Waals surface area (Å²) in [6.07, 6.45) is 4.65. The molecule has 1 aromatic carbocycles. The van der Waals surface area contributed by atoms with Gasteiger partial charge in [-0.15, -0.1) is 0 Å². The summed E-state index contributed by atoms with van der Waals surface area (Å²) >= 11 is 0. The van der Waals surface area contributed by atoms with E-state index in [4.69, 9.17) is 0 Å². The van der Waals surface area contributed by atoms with Crippen LogP contribution in [0, 0.1) is 0 Å². The maximum atomic E-state index is 12.7. The van der Waals surface area contributed by atoms with Crippen LogP contribution >= 0.6 is 0 Å². The molecule has 28 heavy (non-hydrogen) atoms. The topological polar surface area (TPSA) is 101 Å². The SMILES string of the molecule is CCCCNS(=O)(=O)c1ccc(S(=O)(=O)CC2=CCCN(C(C)=O)CC2)cc1. The van der Waals surface area contributed by atoms with Crippen molar-refractivity contribution in [3.05, 3.63) is 35.9 Å². The van der Waals surface area contributed by atoms with Gasteiger partial charge in [-0.25, -0.2) is 21.6 Å². The van der Waals surface area contributed by atoms with E-state index in [1.165, 1.54) is 31.2 Å². The molecule has 0 spiro atoms. The van der Waals surface area contributed by atoms with Crippen molar-refractivity contribution in [3.63, 3.8) is 0 Å². The monoisotopic (exact) mass is 428 g/mol. The third-order valence-electron chi connectivity index (χ3n) is 4.67. The molecule has 0 unspecified atom stereocenters. The number of nitrogens with one attached hydrogen (secondary N) is 1. The Kier molecular flexibility index (Phi) is 7.79. The molecule has 1 aliphatic heterocycles. The maximum Gasteiger partial charge on any atom is 0.240 e. The first-order valence-corrected chi connectivity index (χ1v) is 12.5. The second-order valence-corrected chi connectivity index (χ2v) is 10.6. The average Bonchev–Trinajstić information content (AvgIpc) is 2.87. The molecule has 0 radical (unpaired) electrons. The lowest BCUT2D eigenvalue weighted by atomic mass is 10.2. The summed E-state index contributed by atoms with van der Waals surface area (Å²) in [5.41, 5.74) is 0.779. The number of benzene rings is 1. The molecule has 7 nitrogen and oxygen atoms in total. The van der Waals surface area contributed by atoms with E-state index >= 15 is 0 Å². The number of sulfone groups is 1. The van der Waals surface area contributed by atoms with Gasteiger partial charge in [0.15, 0.2) is 9.84 Å². The molecule has 0 aromatic heterocycles. The lowest BCUT2D eigenvalue weighted by Crippen LogP contribution is -2.29. The van der Waals surface area contributed by atoms with E-state index in [1.807, 2.05) is 13.0 Å². The first-order chi connectivity index (χ1) is 13.2. The number of nitrogens with zero attached hydrogens (tertiary/aromatic N) is 1. The lowest BCUT2D eigenvalue weighted by Gasteiger charge is -2.18. The summed E-state index contributed by atoms with van der Waals surface area (Å²) < 4.78 is 52.3. The number of hydrogen-bond donors (Lipinski definition) is 1. The number of carbonyl (C=O) groups is 1. The molecule has 0 fully saturated rings. The molecule has 0 atom stereocenters. The van der Waals surface area contributed by atoms with Gasteiger partial charge in [0.25, 0.3) is 0 Å². The zero-order valence-electron chi connectivity index (χ0n) is 16.3.